The molecule has 2 nitrogen and oxygen atoms in total. The van der Waals surface area contributed by atoms with Crippen LogP contribution in [0.3, 0.4) is 0 Å². The number of hydrogen-bond acceptors (Lipinski definition) is 4. The molecule has 0 radical (unpaired) electrons. The first-order chi connectivity index (χ1) is 10.5. The van der Waals surface area contributed by atoms with Gasteiger partial charge in [-0.2, -0.15) is 0 Å². The molecule has 0 unspecified atom stereocenters. The third-order valence-electron chi connectivity index (χ3n) is 4.40. The van der Waals surface area contributed by atoms with E-state index in [0.717, 1.165) is 13.1 Å². The van der Waals surface area contributed by atoms with Crippen molar-refractivity contribution in [3.63, 3.8) is 0 Å². The van der Waals surface area contributed by atoms with Crippen molar-refractivity contribution >= 4 is 43.2 Å². The van der Waals surface area contributed by atoms with E-state index in [4.69, 9.17) is 0 Å². The quantitative estimate of drug-likeness (QED) is 0.560. The van der Waals surface area contributed by atoms with E-state index in [1.54, 1.807) is 0 Å². The molecule has 0 amide bonds. The fourth-order valence-corrected chi connectivity index (χ4v) is 9.89. The minimum absolute atomic E-state index is 1.05. The van der Waals surface area contributed by atoms with Crippen molar-refractivity contribution in [1.29, 1.82) is 0 Å². The van der Waals surface area contributed by atoms with Gasteiger partial charge in [0, 0.05) is 35.9 Å². The van der Waals surface area contributed by atoms with Crippen LogP contribution in [0.1, 0.15) is 36.6 Å². The number of nitrogens with zero attached hydrogens (tertiary/aromatic N) is 2. The van der Waals surface area contributed by atoms with E-state index in [0.29, 0.717) is 0 Å². The molecule has 3 rings (SSSR count). The molecule has 0 aliphatic carbocycles. The van der Waals surface area contributed by atoms with Crippen LogP contribution in [-0.4, -0.2) is 9.13 Å². The second kappa shape index (κ2) is 6.46. The summed E-state index contributed by atoms with van der Waals surface area (Å²) in [5.41, 5.74) is 5.64. The van der Waals surface area contributed by atoms with Gasteiger partial charge in [-0.25, -0.2) is 0 Å². The smallest absolute Gasteiger partial charge is 0.0540 e. The molecular weight excluding hydrogens is 348 g/mol. The van der Waals surface area contributed by atoms with Crippen LogP contribution >= 0.6 is 43.2 Å². The van der Waals surface area contributed by atoms with Crippen LogP contribution in [0.25, 0.3) is 0 Å². The summed E-state index contributed by atoms with van der Waals surface area (Å²) in [6.07, 6.45) is 0. The zero-order valence-corrected chi connectivity index (χ0v) is 17.2. The first-order valence-electron chi connectivity index (χ1n) is 7.59. The predicted molar refractivity (Wildman–Crippen MR) is 103 cm³/mol. The van der Waals surface area contributed by atoms with Crippen molar-refractivity contribution in [2.45, 2.75) is 74.2 Å². The lowest BCUT2D eigenvalue weighted by molar-refractivity contribution is 0.710. The van der Waals surface area contributed by atoms with Crippen molar-refractivity contribution in [2.75, 3.05) is 0 Å². The molecule has 0 fully saturated rings. The van der Waals surface area contributed by atoms with Crippen molar-refractivity contribution in [2.24, 2.45) is 0 Å². The minimum atomic E-state index is 1.05. The van der Waals surface area contributed by atoms with Crippen LogP contribution < -0.4 is 0 Å². The molecule has 1 aliphatic heterocycles. The SMILES string of the molecule is CCn1c(C)c2c(c1C)SSc1c(c(C)n(CC)c1C)SS2. The summed E-state index contributed by atoms with van der Waals surface area (Å²) in [4.78, 5) is 5.81. The summed E-state index contributed by atoms with van der Waals surface area (Å²) in [7, 11) is 7.75. The van der Waals surface area contributed by atoms with Crippen LogP contribution in [0.2, 0.25) is 0 Å². The number of fused-ring (bicyclic) bond motifs is 2. The molecule has 3 heterocycles. The maximum Gasteiger partial charge on any atom is 0.0540 e. The summed E-state index contributed by atoms with van der Waals surface area (Å²) in [5, 5.41) is 0. The Balaban J connectivity index is 2.07. The van der Waals surface area contributed by atoms with Crippen molar-refractivity contribution in [3.8, 4) is 0 Å². The number of aromatic nitrogens is 2. The van der Waals surface area contributed by atoms with Crippen LogP contribution in [0.4, 0.5) is 0 Å². The van der Waals surface area contributed by atoms with Crippen LogP contribution in [0, 0.1) is 27.7 Å². The lowest BCUT2D eigenvalue weighted by Gasteiger charge is -2.11. The molecule has 6 heteroatoms. The third kappa shape index (κ3) is 2.46. The zero-order chi connectivity index (χ0) is 16.0. The Morgan fingerprint density at radius 2 is 0.773 bits per heavy atom. The molecule has 120 valence electrons. The number of rotatable bonds is 2. The molecule has 1 aliphatic rings. The third-order valence-corrected chi connectivity index (χ3v) is 9.99. The second-order valence-electron chi connectivity index (χ2n) is 5.48. The van der Waals surface area contributed by atoms with Gasteiger partial charge in [0.2, 0.25) is 0 Å². The first kappa shape index (κ1) is 16.8. The largest absolute Gasteiger partial charge is 0.347 e. The van der Waals surface area contributed by atoms with E-state index in [-0.39, 0.29) is 0 Å². The fourth-order valence-electron chi connectivity index (χ4n) is 3.16. The molecule has 0 N–H and O–H groups in total. The monoisotopic (exact) mass is 370 g/mol. The predicted octanol–water partition coefficient (Wildman–Crippen LogP) is 6.48. The highest BCUT2D eigenvalue weighted by Gasteiger charge is 2.26. The van der Waals surface area contributed by atoms with E-state index in [1.165, 1.54) is 42.4 Å². The van der Waals surface area contributed by atoms with Gasteiger partial charge in [0.1, 0.15) is 0 Å². The maximum atomic E-state index is 2.44. The van der Waals surface area contributed by atoms with Gasteiger partial charge in [-0.3, -0.25) is 0 Å². The average Bonchev–Trinajstić information content (AvgIpc) is 2.82. The van der Waals surface area contributed by atoms with E-state index >= 15 is 0 Å². The van der Waals surface area contributed by atoms with Crippen LogP contribution in [0.15, 0.2) is 19.6 Å². The van der Waals surface area contributed by atoms with E-state index in [2.05, 4.69) is 50.7 Å². The Morgan fingerprint density at radius 3 is 0.955 bits per heavy atom. The van der Waals surface area contributed by atoms with Gasteiger partial charge in [0.05, 0.1) is 19.6 Å². The molecule has 0 saturated heterocycles. The van der Waals surface area contributed by atoms with Gasteiger partial charge in [0.15, 0.2) is 0 Å². The van der Waals surface area contributed by atoms with Gasteiger partial charge in [0.25, 0.3) is 0 Å². The molecule has 0 spiro atoms. The summed E-state index contributed by atoms with van der Waals surface area (Å²) in [5.74, 6) is 0. The molecule has 0 atom stereocenters. The first-order valence-corrected chi connectivity index (χ1v) is 11.9. The zero-order valence-electron chi connectivity index (χ0n) is 13.9. The molecule has 0 saturated carbocycles. The van der Waals surface area contributed by atoms with Gasteiger partial charge in [-0.1, -0.05) is 0 Å². The molecule has 2 aromatic rings. The maximum absolute atomic E-state index is 2.44. The Labute approximate surface area is 149 Å². The van der Waals surface area contributed by atoms with E-state index < -0.39 is 0 Å². The normalized spacial score (nSPS) is 14.5. The van der Waals surface area contributed by atoms with Gasteiger partial charge < -0.3 is 9.13 Å². The molecule has 22 heavy (non-hydrogen) atoms. The van der Waals surface area contributed by atoms with Crippen molar-refractivity contribution in [3.05, 3.63) is 22.8 Å². The van der Waals surface area contributed by atoms with Crippen molar-refractivity contribution < 1.29 is 0 Å². The summed E-state index contributed by atoms with van der Waals surface area (Å²) in [6.45, 7) is 15.6. The molecule has 2 aromatic heterocycles. The van der Waals surface area contributed by atoms with E-state index in [1.807, 2.05) is 43.2 Å². The Bertz CT molecular complexity index is 610. The molecule has 0 bridgehead atoms. The molecule has 0 aromatic carbocycles. The van der Waals surface area contributed by atoms with Gasteiger partial charge >= 0.3 is 0 Å². The highest BCUT2D eigenvalue weighted by atomic mass is 33.1. The van der Waals surface area contributed by atoms with Crippen molar-refractivity contribution in [1.82, 2.24) is 9.13 Å². The number of hydrogen-bond donors (Lipinski definition) is 0. The highest BCUT2D eigenvalue weighted by molar-refractivity contribution is 8.79. The lowest BCUT2D eigenvalue weighted by atomic mass is 10.4. The van der Waals surface area contributed by atoms with Gasteiger partial charge in [-0.05, 0) is 84.7 Å². The Kier molecular flexibility index (Phi) is 4.93. The Hall–Kier alpha value is -0.0400. The highest BCUT2D eigenvalue weighted by Crippen LogP contribution is 2.57. The van der Waals surface area contributed by atoms with E-state index in [9.17, 15) is 0 Å². The van der Waals surface area contributed by atoms with Gasteiger partial charge in [-0.15, -0.1) is 0 Å². The second-order valence-corrected chi connectivity index (χ2v) is 9.78. The fraction of sp³-hybridized carbons (Fsp3) is 0.500. The topological polar surface area (TPSA) is 9.86 Å². The minimum Gasteiger partial charge on any atom is -0.347 e. The summed E-state index contributed by atoms with van der Waals surface area (Å²) >= 11 is 0. The standard InChI is InChI=1S/C16H22N2S4/c1-7-17-9(3)13-14(10(17)4)20-22-16-12(6)18(8-2)11(5)15(16)21-19-13/h7-8H2,1-6H3. The lowest BCUT2D eigenvalue weighted by Crippen LogP contribution is -1.99. The van der Waals surface area contributed by atoms with Crippen LogP contribution in [0.5, 0.6) is 0 Å². The van der Waals surface area contributed by atoms with Crippen LogP contribution in [-0.2, 0) is 13.1 Å². The average molecular weight is 371 g/mol. The molecular formula is C16H22N2S4. The summed E-state index contributed by atoms with van der Waals surface area (Å²) < 4.78 is 4.88. The Morgan fingerprint density at radius 1 is 0.545 bits per heavy atom. The summed E-state index contributed by atoms with van der Waals surface area (Å²) in [6, 6.07) is 0.